The van der Waals surface area contributed by atoms with Crippen LogP contribution < -0.4 is 20.3 Å². The first-order chi connectivity index (χ1) is 26.8. The standard InChI is InChI=1S/C48H26BNO4/c1-5-16-38-30(10-1)31-11-2-6-17-39(31)50(38)28-20-22-37-43(26-28)52-44-25-27(24-36-32-12-3-8-19-41(32)54-49(37)46(36)44)29-14-9-15-33-34-21-23-42-45(48(34)53-47(29)33)35-13-4-7-18-40(35)51-42/h1-26H. The first-order valence-corrected chi connectivity index (χ1v) is 18.3. The zero-order chi connectivity index (χ0) is 35.1. The van der Waals surface area contributed by atoms with Crippen molar-refractivity contribution in [2.45, 2.75) is 0 Å². The molecule has 0 N–H and O–H groups in total. The summed E-state index contributed by atoms with van der Waals surface area (Å²) in [5, 5.41) is 6.61. The third-order valence-electron chi connectivity index (χ3n) is 11.5. The minimum atomic E-state index is -0.320. The average Bonchev–Trinajstić information content (AvgIpc) is 3.90. The van der Waals surface area contributed by atoms with Gasteiger partial charge in [0, 0.05) is 60.7 Å². The van der Waals surface area contributed by atoms with E-state index in [1.54, 1.807) is 0 Å². The summed E-state index contributed by atoms with van der Waals surface area (Å²) in [6, 6.07) is 55.1. The quantitative estimate of drug-likeness (QED) is 0.169. The van der Waals surface area contributed by atoms with Crippen LogP contribution in [0.25, 0.3) is 93.6 Å². The van der Waals surface area contributed by atoms with Crippen LogP contribution >= 0.6 is 0 Å². The number of aromatic nitrogens is 1. The number of hydrogen-bond acceptors (Lipinski definition) is 4. The summed E-state index contributed by atoms with van der Waals surface area (Å²) >= 11 is 0. The molecule has 0 unspecified atom stereocenters. The molecule has 8 aromatic carbocycles. The molecule has 0 radical (unpaired) electrons. The van der Waals surface area contributed by atoms with Gasteiger partial charge in [-0.05, 0) is 65.7 Å². The average molecular weight is 692 g/mol. The normalized spacial score (nSPS) is 13.1. The van der Waals surface area contributed by atoms with E-state index < -0.39 is 0 Å². The topological polar surface area (TPSA) is 49.7 Å². The Labute approximate surface area is 308 Å². The molecule has 54 heavy (non-hydrogen) atoms. The van der Waals surface area contributed by atoms with Crippen molar-refractivity contribution in [1.29, 1.82) is 0 Å². The molecule has 0 aliphatic carbocycles. The molecule has 0 saturated carbocycles. The number of fused-ring (bicyclic) bond motifs is 14. The first-order valence-electron chi connectivity index (χ1n) is 18.3. The highest BCUT2D eigenvalue weighted by molar-refractivity contribution is 6.84. The zero-order valence-electron chi connectivity index (χ0n) is 28.7. The lowest BCUT2D eigenvalue weighted by atomic mass is 9.50. The van der Waals surface area contributed by atoms with Crippen LogP contribution in [-0.4, -0.2) is 11.5 Å². The number of para-hydroxylation sites is 5. The van der Waals surface area contributed by atoms with Crippen molar-refractivity contribution in [1.82, 2.24) is 4.57 Å². The summed E-state index contributed by atoms with van der Waals surface area (Å²) < 4.78 is 29.3. The third kappa shape index (κ3) is 3.69. The molecule has 13 rings (SSSR count). The molecular formula is C48H26BNO4. The Morgan fingerprint density at radius 1 is 0.444 bits per heavy atom. The first kappa shape index (κ1) is 28.4. The van der Waals surface area contributed by atoms with Gasteiger partial charge in [-0.15, -0.1) is 0 Å². The molecule has 11 aromatic rings. The molecule has 6 heteroatoms. The van der Waals surface area contributed by atoms with E-state index in [1.165, 1.54) is 10.8 Å². The number of furan rings is 2. The van der Waals surface area contributed by atoms with Crippen LogP contribution in [0.2, 0.25) is 0 Å². The maximum absolute atomic E-state index is 6.99. The lowest BCUT2D eigenvalue weighted by Crippen LogP contribution is -2.53. The number of rotatable bonds is 2. The Morgan fingerprint density at radius 2 is 1.17 bits per heavy atom. The van der Waals surface area contributed by atoms with Crippen molar-refractivity contribution in [2.75, 3.05) is 0 Å². The summed E-state index contributed by atoms with van der Waals surface area (Å²) in [5.41, 5.74) is 12.9. The van der Waals surface area contributed by atoms with Crippen LogP contribution in [0.5, 0.6) is 17.2 Å². The van der Waals surface area contributed by atoms with Crippen molar-refractivity contribution in [3.05, 3.63) is 158 Å². The number of nitrogens with zero attached hydrogens (tertiary/aromatic N) is 1. The Balaban J connectivity index is 1.03. The molecule has 0 fully saturated rings. The summed E-state index contributed by atoms with van der Waals surface area (Å²) in [4.78, 5) is 0. The Morgan fingerprint density at radius 3 is 2.04 bits per heavy atom. The van der Waals surface area contributed by atoms with Crippen molar-refractivity contribution in [3.63, 3.8) is 0 Å². The van der Waals surface area contributed by atoms with Crippen LogP contribution in [0.3, 0.4) is 0 Å². The molecule has 250 valence electrons. The van der Waals surface area contributed by atoms with Crippen molar-refractivity contribution >= 4 is 83.5 Å². The fourth-order valence-corrected chi connectivity index (χ4v) is 9.13. The molecule has 2 aliphatic rings. The molecule has 0 bridgehead atoms. The lowest BCUT2D eigenvalue weighted by molar-refractivity contribution is 0.479. The SMILES string of the molecule is c1ccc2c(c1)OB1c3ccc(-n4c5ccccc5c5ccccc54)cc3Oc3cc(-c4cccc5c4oc4c5ccc5oc6ccccc6c54)cc-2c31. The second kappa shape index (κ2) is 10.2. The van der Waals surface area contributed by atoms with E-state index in [0.717, 1.165) is 111 Å². The van der Waals surface area contributed by atoms with Gasteiger partial charge in [0.15, 0.2) is 0 Å². The number of hydrogen-bond donors (Lipinski definition) is 0. The van der Waals surface area contributed by atoms with Gasteiger partial charge >= 0.3 is 6.92 Å². The highest BCUT2D eigenvalue weighted by Gasteiger charge is 2.41. The zero-order valence-corrected chi connectivity index (χ0v) is 28.7. The molecule has 5 nitrogen and oxygen atoms in total. The second-order valence-electron chi connectivity index (χ2n) is 14.3. The fourth-order valence-electron chi connectivity index (χ4n) is 9.13. The maximum atomic E-state index is 6.99. The largest absolute Gasteiger partial charge is 0.551 e. The van der Waals surface area contributed by atoms with Crippen molar-refractivity contribution in [2.24, 2.45) is 0 Å². The van der Waals surface area contributed by atoms with Gasteiger partial charge in [0.2, 0.25) is 0 Å². The Hall–Kier alpha value is -7.18. The number of ether oxygens (including phenoxy) is 1. The van der Waals surface area contributed by atoms with E-state index >= 15 is 0 Å². The van der Waals surface area contributed by atoms with E-state index in [4.69, 9.17) is 18.2 Å². The summed E-state index contributed by atoms with van der Waals surface area (Å²) in [7, 11) is 0. The number of benzene rings is 8. The van der Waals surface area contributed by atoms with Crippen LogP contribution in [0.15, 0.2) is 167 Å². The predicted octanol–water partition coefficient (Wildman–Crippen LogP) is 11.5. The highest BCUT2D eigenvalue weighted by atomic mass is 16.5. The predicted molar refractivity (Wildman–Crippen MR) is 218 cm³/mol. The van der Waals surface area contributed by atoms with Crippen molar-refractivity contribution in [3.8, 4) is 45.2 Å². The van der Waals surface area contributed by atoms with E-state index in [2.05, 4.69) is 138 Å². The molecule has 5 heterocycles. The second-order valence-corrected chi connectivity index (χ2v) is 14.3. The van der Waals surface area contributed by atoms with Gasteiger partial charge in [0.1, 0.15) is 39.6 Å². The van der Waals surface area contributed by atoms with Gasteiger partial charge < -0.3 is 22.8 Å². The van der Waals surface area contributed by atoms with Gasteiger partial charge in [-0.1, -0.05) is 97.1 Å². The lowest BCUT2D eigenvalue weighted by Gasteiger charge is -2.33. The smallest absolute Gasteiger partial charge is 0.434 e. The van der Waals surface area contributed by atoms with E-state index in [9.17, 15) is 0 Å². The van der Waals surface area contributed by atoms with Gasteiger partial charge in [0.05, 0.1) is 16.4 Å². The fraction of sp³-hybridized carbons (Fsp3) is 0. The molecule has 3 aromatic heterocycles. The monoisotopic (exact) mass is 691 g/mol. The summed E-state index contributed by atoms with van der Waals surface area (Å²) in [6.45, 7) is -0.320. The minimum Gasteiger partial charge on any atom is -0.551 e. The van der Waals surface area contributed by atoms with Crippen LogP contribution in [0.4, 0.5) is 0 Å². The molecule has 0 saturated heterocycles. The molecule has 0 atom stereocenters. The van der Waals surface area contributed by atoms with Gasteiger partial charge in [-0.2, -0.15) is 0 Å². The molecule has 2 aliphatic heterocycles. The van der Waals surface area contributed by atoms with Gasteiger partial charge in [-0.3, -0.25) is 0 Å². The third-order valence-corrected chi connectivity index (χ3v) is 11.5. The Kier molecular flexibility index (Phi) is 5.39. The maximum Gasteiger partial charge on any atom is 0.434 e. The molecule has 0 spiro atoms. The van der Waals surface area contributed by atoms with Gasteiger partial charge in [-0.25, -0.2) is 0 Å². The van der Waals surface area contributed by atoms with E-state index in [1.807, 2.05) is 24.3 Å². The van der Waals surface area contributed by atoms with Crippen LogP contribution in [0, 0.1) is 0 Å². The van der Waals surface area contributed by atoms with Gasteiger partial charge in [0.25, 0.3) is 0 Å². The summed E-state index contributed by atoms with van der Waals surface area (Å²) in [5.74, 6) is 2.42. The van der Waals surface area contributed by atoms with E-state index in [-0.39, 0.29) is 6.92 Å². The Bertz CT molecular complexity index is 3370. The molecule has 0 amide bonds. The van der Waals surface area contributed by atoms with E-state index in [0.29, 0.717) is 0 Å². The minimum absolute atomic E-state index is 0.320. The molecular weight excluding hydrogens is 665 g/mol. The van der Waals surface area contributed by atoms with Crippen LogP contribution in [0.1, 0.15) is 0 Å². The summed E-state index contributed by atoms with van der Waals surface area (Å²) in [6.07, 6.45) is 0. The highest BCUT2D eigenvalue weighted by Crippen LogP contribution is 2.46. The van der Waals surface area contributed by atoms with Crippen LogP contribution in [-0.2, 0) is 0 Å². The van der Waals surface area contributed by atoms with Crippen molar-refractivity contribution < 1.29 is 18.2 Å².